The van der Waals surface area contributed by atoms with E-state index in [0.717, 1.165) is 29.1 Å². The lowest BCUT2D eigenvalue weighted by Crippen LogP contribution is -2.10. The van der Waals surface area contributed by atoms with Crippen LogP contribution in [-0.4, -0.2) is 0 Å². The van der Waals surface area contributed by atoms with E-state index in [4.69, 9.17) is 0 Å². The molecule has 0 saturated heterocycles. The van der Waals surface area contributed by atoms with Crippen LogP contribution in [0.2, 0.25) is 0 Å². The number of benzene rings is 7. The van der Waals surface area contributed by atoms with Gasteiger partial charge in [-0.05, 0) is 112 Å². The van der Waals surface area contributed by atoms with Gasteiger partial charge in [-0.2, -0.15) is 0 Å². The predicted octanol–water partition coefficient (Wildman–Crippen LogP) is 13.2. The van der Waals surface area contributed by atoms with E-state index in [-0.39, 0.29) is 0 Å². The lowest BCUT2D eigenvalue weighted by Gasteiger charge is -2.28. The third-order valence-corrected chi connectivity index (χ3v) is 11.0. The van der Waals surface area contributed by atoms with Crippen LogP contribution in [0.25, 0.3) is 44.2 Å². The first-order valence-corrected chi connectivity index (χ1v) is 17.5. The molecule has 0 spiro atoms. The van der Waals surface area contributed by atoms with Crippen LogP contribution in [0.15, 0.2) is 170 Å². The summed E-state index contributed by atoms with van der Waals surface area (Å²) >= 11 is 0. The highest BCUT2D eigenvalue weighted by Crippen LogP contribution is 2.53. The van der Waals surface area contributed by atoms with Gasteiger partial charge in [-0.1, -0.05) is 146 Å². The van der Waals surface area contributed by atoms with Gasteiger partial charge in [-0.15, -0.1) is 0 Å². The summed E-state index contributed by atoms with van der Waals surface area (Å²) in [6.07, 6.45) is 5.71. The standard InChI is InChI=1S/C47H39N/c1-3-9-34(10-4-1)36-21-25-41(26-22-36)48(47-30-29-43(38-11-5-2-6-12-38)44-13-7-8-14-45(44)47)42-27-23-37(24-28-42)35-17-19-39(20-18-35)46-32-33-15-16-40(46)31-33/h1-14,17-30,33,40,46H,15-16,31-32H2. The average Bonchev–Trinajstić information content (AvgIpc) is 3.81. The molecule has 1 heteroatoms. The van der Waals surface area contributed by atoms with Crippen molar-refractivity contribution in [1.82, 2.24) is 0 Å². The molecule has 232 valence electrons. The summed E-state index contributed by atoms with van der Waals surface area (Å²) in [6.45, 7) is 0. The summed E-state index contributed by atoms with van der Waals surface area (Å²) in [7, 11) is 0. The molecule has 7 aromatic carbocycles. The Hall–Kier alpha value is -5.40. The first-order chi connectivity index (χ1) is 23.8. The molecule has 2 bridgehead atoms. The lowest BCUT2D eigenvalue weighted by molar-refractivity contribution is 0.420. The smallest absolute Gasteiger partial charge is 0.0540 e. The molecular weight excluding hydrogens is 579 g/mol. The van der Waals surface area contributed by atoms with Crippen molar-refractivity contribution in [1.29, 1.82) is 0 Å². The molecule has 0 aliphatic heterocycles. The number of rotatable bonds is 7. The van der Waals surface area contributed by atoms with E-state index in [2.05, 4.69) is 175 Å². The van der Waals surface area contributed by atoms with E-state index in [1.807, 2.05) is 0 Å². The van der Waals surface area contributed by atoms with Gasteiger partial charge in [0.05, 0.1) is 5.69 Å². The Morgan fingerprint density at radius 3 is 1.48 bits per heavy atom. The molecule has 0 amide bonds. The molecule has 2 aliphatic rings. The van der Waals surface area contributed by atoms with Gasteiger partial charge in [0.2, 0.25) is 0 Å². The van der Waals surface area contributed by atoms with Gasteiger partial charge in [0, 0.05) is 16.8 Å². The molecule has 48 heavy (non-hydrogen) atoms. The molecule has 9 rings (SSSR count). The second-order valence-electron chi connectivity index (χ2n) is 13.7. The second kappa shape index (κ2) is 12.3. The Balaban J connectivity index is 1.10. The molecular formula is C47H39N. The average molecular weight is 618 g/mol. The summed E-state index contributed by atoms with van der Waals surface area (Å²) in [4.78, 5) is 2.41. The van der Waals surface area contributed by atoms with Gasteiger partial charge in [-0.25, -0.2) is 0 Å². The Kier molecular flexibility index (Phi) is 7.39. The maximum atomic E-state index is 2.41. The number of hydrogen-bond donors (Lipinski definition) is 0. The molecule has 0 N–H and O–H groups in total. The zero-order valence-electron chi connectivity index (χ0n) is 27.2. The van der Waals surface area contributed by atoms with E-state index in [1.165, 1.54) is 75.5 Å². The van der Waals surface area contributed by atoms with Gasteiger partial charge >= 0.3 is 0 Å². The van der Waals surface area contributed by atoms with Gasteiger partial charge in [0.15, 0.2) is 0 Å². The van der Waals surface area contributed by atoms with E-state index in [0.29, 0.717) is 0 Å². The van der Waals surface area contributed by atoms with Crippen molar-refractivity contribution in [2.45, 2.75) is 31.6 Å². The Morgan fingerprint density at radius 2 is 0.917 bits per heavy atom. The fourth-order valence-electron chi connectivity index (χ4n) is 8.59. The first kappa shape index (κ1) is 28.8. The number of fused-ring (bicyclic) bond motifs is 3. The molecule has 2 fully saturated rings. The molecule has 2 aliphatic carbocycles. The van der Waals surface area contributed by atoms with Crippen LogP contribution in [0.4, 0.5) is 17.1 Å². The van der Waals surface area contributed by atoms with Crippen LogP contribution in [0.1, 0.15) is 37.2 Å². The molecule has 0 heterocycles. The minimum Gasteiger partial charge on any atom is -0.310 e. The molecule has 1 nitrogen and oxygen atoms in total. The summed E-state index contributed by atoms with van der Waals surface area (Å²) < 4.78 is 0. The Morgan fingerprint density at radius 1 is 0.396 bits per heavy atom. The summed E-state index contributed by atoms with van der Waals surface area (Å²) in [6, 6.07) is 62.3. The van der Waals surface area contributed by atoms with Gasteiger partial charge in [0.1, 0.15) is 0 Å². The van der Waals surface area contributed by atoms with Crippen molar-refractivity contribution in [2.24, 2.45) is 11.8 Å². The van der Waals surface area contributed by atoms with E-state index >= 15 is 0 Å². The quantitative estimate of drug-likeness (QED) is 0.172. The van der Waals surface area contributed by atoms with Crippen molar-refractivity contribution < 1.29 is 0 Å². The molecule has 7 aromatic rings. The van der Waals surface area contributed by atoms with Crippen LogP contribution in [-0.2, 0) is 0 Å². The van der Waals surface area contributed by atoms with Crippen LogP contribution in [0.3, 0.4) is 0 Å². The minimum absolute atomic E-state index is 0.769. The van der Waals surface area contributed by atoms with Gasteiger partial charge in [0.25, 0.3) is 0 Å². The number of anilines is 3. The Labute approximate surface area is 284 Å². The first-order valence-electron chi connectivity index (χ1n) is 17.5. The van der Waals surface area contributed by atoms with Crippen molar-refractivity contribution in [3.63, 3.8) is 0 Å². The SMILES string of the molecule is c1ccc(-c2ccc(N(c3ccc(-c4ccc(C5CC6CCC5C6)cc4)cc3)c3ccc(-c4ccccc4)c4ccccc34)cc2)cc1. The lowest BCUT2D eigenvalue weighted by atomic mass is 9.83. The molecule has 0 aromatic heterocycles. The van der Waals surface area contributed by atoms with Gasteiger partial charge in [-0.3, -0.25) is 0 Å². The van der Waals surface area contributed by atoms with Crippen LogP contribution < -0.4 is 4.90 Å². The number of nitrogens with zero attached hydrogens (tertiary/aromatic N) is 1. The molecule has 0 radical (unpaired) electrons. The van der Waals surface area contributed by atoms with E-state index in [1.54, 1.807) is 5.56 Å². The highest BCUT2D eigenvalue weighted by molar-refractivity contribution is 6.06. The fourth-order valence-corrected chi connectivity index (χ4v) is 8.59. The van der Waals surface area contributed by atoms with Crippen molar-refractivity contribution in [3.8, 4) is 33.4 Å². The second-order valence-corrected chi connectivity index (χ2v) is 13.7. The van der Waals surface area contributed by atoms with Crippen LogP contribution in [0, 0.1) is 11.8 Å². The largest absolute Gasteiger partial charge is 0.310 e. The highest BCUT2D eigenvalue weighted by atomic mass is 15.1. The zero-order chi connectivity index (χ0) is 31.9. The number of hydrogen-bond acceptors (Lipinski definition) is 1. The zero-order valence-corrected chi connectivity index (χ0v) is 27.2. The third kappa shape index (κ3) is 5.30. The van der Waals surface area contributed by atoms with Crippen LogP contribution in [0.5, 0.6) is 0 Å². The molecule has 3 unspecified atom stereocenters. The summed E-state index contributed by atoms with van der Waals surface area (Å²) in [5.74, 6) is 2.65. The molecule has 2 saturated carbocycles. The highest BCUT2D eigenvalue weighted by Gasteiger charge is 2.39. The van der Waals surface area contributed by atoms with Gasteiger partial charge < -0.3 is 4.90 Å². The maximum absolute atomic E-state index is 2.41. The van der Waals surface area contributed by atoms with Crippen molar-refractivity contribution >= 4 is 27.8 Å². The third-order valence-electron chi connectivity index (χ3n) is 11.0. The van der Waals surface area contributed by atoms with E-state index in [9.17, 15) is 0 Å². The van der Waals surface area contributed by atoms with Crippen LogP contribution >= 0.6 is 0 Å². The minimum atomic E-state index is 0.769. The maximum Gasteiger partial charge on any atom is 0.0540 e. The van der Waals surface area contributed by atoms with E-state index < -0.39 is 0 Å². The van der Waals surface area contributed by atoms with Crippen molar-refractivity contribution in [3.05, 3.63) is 175 Å². The van der Waals surface area contributed by atoms with Crippen molar-refractivity contribution in [2.75, 3.05) is 4.90 Å². The normalized spacial score (nSPS) is 18.3. The predicted molar refractivity (Wildman–Crippen MR) is 203 cm³/mol. The Bertz CT molecular complexity index is 2160. The monoisotopic (exact) mass is 617 g/mol. The molecule has 3 atom stereocenters. The fraction of sp³-hybridized carbons (Fsp3) is 0.149. The topological polar surface area (TPSA) is 3.24 Å². The summed E-state index contributed by atoms with van der Waals surface area (Å²) in [5, 5.41) is 2.48. The summed E-state index contributed by atoms with van der Waals surface area (Å²) in [5.41, 5.74) is 12.4.